The number of rotatable bonds is 57. The van der Waals surface area contributed by atoms with Crippen molar-refractivity contribution in [3.05, 3.63) is 36.5 Å². The first-order chi connectivity index (χ1) is 38.6. The normalized spacial score (nSPS) is 18.0. The van der Waals surface area contributed by atoms with Gasteiger partial charge in [-0.05, 0) is 70.6 Å². The summed E-state index contributed by atoms with van der Waals surface area (Å²) in [6, 6.07) is 0. The van der Waals surface area contributed by atoms with Crippen molar-refractivity contribution in [3.63, 3.8) is 0 Å². The molecule has 0 aliphatic carbocycles. The predicted octanol–water partition coefficient (Wildman–Crippen LogP) is 17.6. The van der Waals surface area contributed by atoms with E-state index in [0.717, 1.165) is 103 Å². The molecule has 6 unspecified atom stereocenters. The second-order valence-electron chi connectivity index (χ2n) is 22.8. The lowest BCUT2D eigenvalue weighted by atomic mass is 9.98. The molecule has 3 N–H and O–H groups in total. The molecule has 460 valence electrons. The Morgan fingerprint density at radius 3 is 1.20 bits per heavy atom. The smallest absolute Gasteiger partial charge is 0.335 e. The lowest BCUT2D eigenvalue weighted by Gasteiger charge is -2.40. The summed E-state index contributed by atoms with van der Waals surface area (Å²) < 4.78 is 28.5. The van der Waals surface area contributed by atoms with Crippen LogP contribution in [-0.4, -0.2) is 89.2 Å². The van der Waals surface area contributed by atoms with E-state index < -0.39 is 67.3 Å². The van der Waals surface area contributed by atoms with Crippen LogP contribution in [0.25, 0.3) is 0 Å². The fourth-order valence-corrected chi connectivity index (χ4v) is 10.1. The van der Waals surface area contributed by atoms with E-state index >= 15 is 0 Å². The first kappa shape index (κ1) is 74.0. The van der Waals surface area contributed by atoms with E-state index in [1.54, 1.807) is 0 Å². The molecule has 0 aromatic rings. The van der Waals surface area contributed by atoms with Crippen LogP contribution in [0.4, 0.5) is 0 Å². The van der Waals surface area contributed by atoms with Gasteiger partial charge in [0, 0.05) is 19.3 Å². The van der Waals surface area contributed by atoms with Crippen LogP contribution in [0, 0.1) is 0 Å². The van der Waals surface area contributed by atoms with Gasteiger partial charge in [0.25, 0.3) is 0 Å². The minimum absolute atomic E-state index is 0.0467. The number of carbonyl (C=O) groups excluding carboxylic acids is 3. The van der Waals surface area contributed by atoms with Crippen molar-refractivity contribution in [3.8, 4) is 0 Å². The summed E-state index contributed by atoms with van der Waals surface area (Å²) in [6.45, 7) is 5.96. The van der Waals surface area contributed by atoms with E-state index in [0.29, 0.717) is 19.3 Å². The van der Waals surface area contributed by atoms with Crippen LogP contribution in [-0.2, 0) is 42.9 Å². The highest BCUT2D eigenvalue weighted by Gasteiger charge is 2.50. The Balaban J connectivity index is 2.64. The SMILES string of the molecule is CCC/C=C\C/C=C\CCCCCCCC(=O)OC1C(OCC(COC(=O)CCCCCCCCCCCCCCCCCCCCC)OC(=O)CCCCCCCCC/C=C\CCCCCCCC)OC(C(=O)O)C(O)C1O. The van der Waals surface area contributed by atoms with Gasteiger partial charge in [-0.25, -0.2) is 4.79 Å². The fraction of sp³-hybridized carbons (Fsp3) is 0.851. The van der Waals surface area contributed by atoms with Crippen molar-refractivity contribution >= 4 is 23.9 Å². The third-order valence-corrected chi connectivity index (χ3v) is 15.2. The minimum atomic E-state index is -1.91. The summed E-state index contributed by atoms with van der Waals surface area (Å²) in [5.41, 5.74) is 0. The molecule has 1 fully saturated rings. The zero-order chi connectivity index (χ0) is 57.5. The second-order valence-corrected chi connectivity index (χ2v) is 22.8. The largest absolute Gasteiger partial charge is 0.479 e. The molecule has 0 spiro atoms. The average molecular weight is 1120 g/mol. The van der Waals surface area contributed by atoms with Crippen LogP contribution < -0.4 is 0 Å². The number of hydrogen-bond donors (Lipinski definition) is 3. The van der Waals surface area contributed by atoms with Gasteiger partial charge in [0.1, 0.15) is 18.8 Å². The summed E-state index contributed by atoms with van der Waals surface area (Å²) in [6.07, 6.45) is 53.9. The molecule has 0 bridgehead atoms. The second kappa shape index (κ2) is 55.5. The summed E-state index contributed by atoms with van der Waals surface area (Å²) in [5.74, 6) is -3.11. The van der Waals surface area contributed by atoms with Crippen LogP contribution in [0.5, 0.6) is 0 Å². The Hall–Kier alpha value is -3.06. The Bertz CT molecular complexity index is 1510. The summed E-state index contributed by atoms with van der Waals surface area (Å²) in [4.78, 5) is 51.3. The van der Waals surface area contributed by atoms with Crippen molar-refractivity contribution in [1.82, 2.24) is 0 Å². The Labute approximate surface area is 482 Å². The van der Waals surface area contributed by atoms with Crippen LogP contribution in [0.2, 0.25) is 0 Å². The Morgan fingerprint density at radius 2 is 0.785 bits per heavy atom. The highest BCUT2D eigenvalue weighted by molar-refractivity contribution is 5.74. The molecule has 12 heteroatoms. The molecule has 6 atom stereocenters. The zero-order valence-corrected chi connectivity index (χ0v) is 50.9. The third kappa shape index (κ3) is 45.2. The number of ether oxygens (including phenoxy) is 5. The van der Waals surface area contributed by atoms with Crippen LogP contribution in [0.3, 0.4) is 0 Å². The van der Waals surface area contributed by atoms with E-state index in [4.69, 9.17) is 23.7 Å². The standard InChI is InChI=1S/C67H120O12/c1-4-7-10-13-16-19-22-25-27-29-30-32-33-36-38-41-44-47-50-53-59(68)75-56-58(77-60(69)54-51-48-45-42-40-37-34-31-28-26-23-20-17-14-11-8-5-2)57-76-67-65(63(72)62(71)64(79-67)66(73)74)78-61(70)55-52-49-46-43-39-35-24-21-18-15-12-9-6-3/h12,15,21,24,26,28,58,62-65,67,71-72H,4-11,13-14,16-20,22-23,25,27,29-57H2,1-3H3,(H,73,74)/b15-12-,24-21-,28-26-. The number of aliphatic hydroxyl groups excluding tert-OH is 2. The van der Waals surface area contributed by atoms with Gasteiger partial charge >= 0.3 is 23.9 Å². The molecule has 0 radical (unpaired) electrons. The molecule has 1 heterocycles. The van der Waals surface area contributed by atoms with E-state index in [9.17, 15) is 34.5 Å². The molecule has 0 saturated carbocycles. The summed E-state index contributed by atoms with van der Waals surface area (Å²) in [7, 11) is 0. The Kier molecular flexibility index (Phi) is 51.9. The number of unbranched alkanes of at least 4 members (excludes halogenated alkanes) is 37. The van der Waals surface area contributed by atoms with Crippen LogP contribution >= 0.6 is 0 Å². The molecular formula is C67H120O12. The lowest BCUT2D eigenvalue weighted by Crippen LogP contribution is -2.61. The molecule has 0 aromatic heterocycles. The maximum atomic E-state index is 13.2. The lowest BCUT2D eigenvalue weighted by molar-refractivity contribution is -0.301. The molecule has 1 saturated heterocycles. The highest BCUT2D eigenvalue weighted by atomic mass is 16.7. The van der Waals surface area contributed by atoms with Crippen molar-refractivity contribution in [2.75, 3.05) is 13.2 Å². The van der Waals surface area contributed by atoms with Crippen LogP contribution in [0.15, 0.2) is 36.5 Å². The van der Waals surface area contributed by atoms with E-state index in [2.05, 4.69) is 57.2 Å². The number of carboxylic acid groups (broad SMARTS) is 1. The number of carbonyl (C=O) groups is 4. The van der Waals surface area contributed by atoms with Gasteiger partial charge in [0.15, 0.2) is 24.6 Å². The molecule has 0 amide bonds. The van der Waals surface area contributed by atoms with E-state index in [-0.39, 0.29) is 25.9 Å². The highest BCUT2D eigenvalue weighted by Crippen LogP contribution is 2.27. The third-order valence-electron chi connectivity index (χ3n) is 15.2. The maximum Gasteiger partial charge on any atom is 0.335 e. The molecule has 12 nitrogen and oxygen atoms in total. The average Bonchev–Trinajstić information content (AvgIpc) is 3.46. The van der Waals surface area contributed by atoms with Gasteiger partial charge in [-0.3, -0.25) is 14.4 Å². The monoisotopic (exact) mass is 1120 g/mol. The maximum absolute atomic E-state index is 13.2. The molecular weight excluding hydrogens is 997 g/mol. The fourth-order valence-electron chi connectivity index (χ4n) is 10.1. The number of carboxylic acids is 1. The van der Waals surface area contributed by atoms with E-state index in [1.807, 2.05) is 0 Å². The molecule has 1 rings (SSSR count). The molecule has 79 heavy (non-hydrogen) atoms. The number of hydrogen-bond acceptors (Lipinski definition) is 11. The van der Waals surface area contributed by atoms with Crippen LogP contribution in [0.1, 0.15) is 316 Å². The molecule has 0 aromatic carbocycles. The van der Waals surface area contributed by atoms with Crippen molar-refractivity contribution in [2.45, 2.75) is 353 Å². The van der Waals surface area contributed by atoms with Gasteiger partial charge in [-0.2, -0.15) is 0 Å². The van der Waals surface area contributed by atoms with Gasteiger partial charge < -0.3 is 39.0 Å². The number of aliphatic hydroxyl groups is 2. The number of allylic oxidation sites excluding steroid dienone is 6. The number of aliphatic carboxylic acids is 1. The first-order valence-electron chi connectivity index (χ1n) is 33.0. The predicted molar refractivity (Wildman–Crippen MR) is 322 cm³/mol. The summed E-state index contributed by atoms with van der Waals surface area (Å²) >= 11 is 0. The van der Waals surface area contributed by atoms with Crippen molar-refractivity contribution in [2.24, 2.45) is 0 Å². The van der Waals surface area contributed by atoms with Gasteiger partial charge in [0.05, 0.1) is 6.61 Å². The van der Waals surface area contributed by atoms with Gasteiger partial charge in [0.2, 0.25) is 0 Å². The van der Waals surface area contributed by atoms with Crippen molar-refractivity contribution in [1.29, 1.82) is 0 Å². The van der Waals surface area contributed by atoms with Gasteiger partial charge in [-0.15, -0.1) is 0 Å². The topological polar surface area (TPSA) is 175 Å². The minimum Gasteiger partial charge on any atom is -0.479 e. The quantitative estimate of drug-likeness (QED) is 0.0228. The number of esters is 3. The van der Waals surface area contributed by atoms with Gasteiger partial charge in [-0.1, -0.05) is 263 Å². The van der Waals surface area contributed by atoms with Crippen molar-refractivity contribution < 1.29 is 58.2 Å². The van der Waals surface area contributed by atoms with E-state index in [1.165, 1.54) is 154 Å². The summed E-state index contributed by atoms with van der Waals surface area (Å²) in [5, 5.41) is 31.5. The molecule has 1 aliphatic heterocycles. The Morgan fingerprint density at radius 1 is 0.418 bits per heavy atom. The zero-order valence-electron chi connectivity index (χ0n) is 50.9. The molecule has 1 aliphatic rings. The first-order valence-corrected chi connectivity index (χ1v) is 33.0.